The Kier molecular flexibility index (Phi) is 5.61. The summed E-state index contributed by atoms with van der Waals surface area (Å²) < 4.78 is 0.966. The van der Waals surface area contributed by atoms with Crippen molar-refractivity contribution < 1.29 is 9.59 Å². The van der Waals surface area contributed by atoms with Gasteiger partial charge in [-0.25, -0.2) is 0 Å². The van der Waals surface area contributed by atoms with Gasteiger partial charge in [-0.05, 0) is 68.3 Å². The minimum atomic E-state index is -0.391. The molecule has 6 heteroatoms. The molecule has 1 atom stereocenters. The Labute approximate surface area is 161 Å². The topological polar surface area (TPSA) is 61.4 Å². The van der Waals surface area contributed by atoms with Crippen LogP contribution in [0.25, 0.3) is 0 Å². The van der Waals surface area contributed by atoms with Crippen molar-refractivity contribution in [2.24, 2.45) is 0 Å². The highest BCUT2D eigenvalue weighted by atomic mass is 79.9. The Morgan fingerprint density at radius 3 is 2.46 bits per heavy atom. The van der Waals surface area contributed by atoms with Gasteiger partial charge in [0.05, 0.1) is 0 Å². The van der Waals surface area contributed by atoms with Crippen LogP contribution in [0.1, 0.15) is 25.3 Å². The summed E-state index contributed by atoms with van der Waals surface area (Å²) in [6.07, 6.45) is 1.53. The van der Waals surface area contributed by atoms with Gasteiger partial charge < -0.3 is 15.5 Å². The zero-order chi connectivity index (χ0) is 18.7. The summed E-state index contributed by atoms with van der Waals surface area (Å²) in [5.41, 5.74) is 3.58. The van der Waals surface area contributed by atoms with Crippen LogP contribution in [-0.4, -0.2) is 24.4 Å². The van der Waals surface area contributed by atoms with Gasteiger partial charge in [0.15, 0.2) is 0 Å². The van der Waals surface area contributed by atoms with Crippen LogP contribution in [0.5, 0.6) is 0 Å². The zero-order valence-electron chi connectivity index (χ0n) is 14.9. The molecule has 2 N–H and O–H groups in total. The van der Waals surface area contributed by atoms with Crippen LogP contribution < -0.4 is 15.5 Å². The second-order valence-electron chi connectivity index (χ2n) is 6.51. The summed E-state index contributed by atoms with van der Waals surface area (Å²) in [6, 6.07) is 12.9. The van der Waals surface area contributed by atoms with Gasteiger partial charge in [0.1, 0.15) is 6.04 Å². The van der Waals surface area contributed by atoms with E-state index in [2.05, 4.69) is 26.6 Å². The van der Waals surface area contributed by atoms with Crippen LogP contribution in [0.4, 0.5) is 17.1 Å². The van der Waals surface area contributed by atoms with E-state index in [9.17, 15) is 9.59 Å². The Morgan fingerprint density at radius 1 is 1.15 bits per heavy atom. The quantitative estimate of drug-likeness (QED) is 0.763. The number of carbonyl (C=O) groups excluding carboxylic acids is 2. The lowest BCUT2D eigenvalue weighted by Crippen LogP contribution is -2.32. The maximum absolute atomic E-state index is 12.4. The molecule has 1 unspecified atom stereocenters. The third-order valence-corrected chi connectivity index (χ3v) is 4.98. The zero-order valence-corrected chi connectivity index (χ0v) is 16.5. The molecule has 136 valence electrons. The largest absolute Gasteiger partial charge is 0.374 e. The van der Waals surface area contributed by atoms with Gasteiger partial charge >= 0.3 is 0 Å². The number of rotatable bonds is 5. The lowest BCUT2D eigenvalue weighted by atomic mass is 10.1. The average molecular weight is 416 g/mol. The van der Waals surface area contributed by atoms with Crippen LogP contribution in [0.15, 0.2) is 46.9 Å². The maximum Gasteiger partial charge on any atom is 0.246 e. The predicted molar refractivity (Wildman–Crippen MR) is 109 cm³/mol. The van der Waals surface area contributed by atoms with Gasteiger partial charge in [-0.3, -0.25) is 9.59 Å². The van der Waals surface area contributed by atoms with Crippen molar-refractivity contribution in [1.82, 2.24) is 0 Å². The molecule has 1 fully saturated rings. The maximum atomic E-state index is 12.4. The molecule has 1 aliphatic heterocycles. The number of nitrogens with zero attached hydrogens (tertiary/aromatic N) is 1. The van der Waals surface area contributed by atoms with Crippen molar-refractivity contribution >= 4 is 44.8 Å². The third-order valence-electron chi connectivity index (χ3n) is 4.45. The van der Waals surface area contributed by atoms with E-state index in [-0.39, 0.29) is 11.8 Å². The van der Waals surface area contributed by atoms with E-state index in [0.717, 1.165) is 40.1 Å². The molecular formula is C20H22BrN3O2. The molecule has 0 radical (unpaired) electrons. The second-order valence-corrected chi connectivity index (χ2v) is 7.43. The molecule has 5 nitrogen and oxygen atoms in total. The first-order chi connectivity index (χ1) is 12.4. The van der Waals surface area contributed by atoms with Crippen LogP contribution >= 0.6 is 15.9 Å². The molecule has 0 aromatic heterocycles. The van der Waals surface area contributed by atoms with E-state index in [1.54, 1.807) is 0 Å². The lowest BCUT2D eigenvalue weighted by Gasteiger charge is -2.20. The van der Waals surface area contributed by atoms with Crippen molar-refractivity contribution in [3.05, 3.63) is 52.5 Å². The molecule has 2 aromatic rings. The van der Waals surface area contributed by atoms with Crippen molar-refractivity contribution in [2.75, 3.05) is 22.1 Å². The average Bonchev–Trinajstić information content (AvgIpc) is 3.03. The Bertz CT molecular complexity index is 820. The van der Waals surface area contributed by atoms with Gasteiger partial charge in [-0.1, -0.05) is 15.9 Å². The highest BCUT2D eigenvalue weighted by molar-refractivity contribution is 9.10. The number of anilines is 3. The van der Waals surface area contributed by atoms with Crippen molar-refractivity contribution in [3.63, 3.8) is 0 Å². The highest BCUT2D eigenvalue weighted by Gasteiger charge is 2.23. The third kappa shape index (κ3) is 4.25. The van der Waals surface area contributed by atoms with Crippen LogP contribution in [-0.2, 0) is 9.59 Å². The fraction of sp³-hybridized carbons (Fsp3) is 0.300. The molecule has 3 rings (SSSR count). The molecule has 1 heterocycles. The molecule has 0 saturated carbocycles. The Balaban J connectivity index is 1.64. The normalized spacial score (nSPS) is 15.0. The summed E-state index contributed by atoms with van der Waals surface area (Å²) >= 11 is 3.38. The Hall–Kier alpha value is -2.34. The van der Waals surface area contributed by atoms with E-state index in [1.807, 2.05) is 61.2 Å². The van der Waals surface area contributed by atoms with E-state index in [0.29, 0.717) is 6.42 Å². The summed E-state index contributed by atoms with van der Waals surface area (Å²) in [7, 11) is 0. The number of nitrogens with one attached hydrogen (secondary N) is 2. The van der Waals surface area contributed by atoms with E-state index in [4.69, 9.17) is 0 Å². The molecule has 2 aromatic carbocycles. The van der Waals surface area contributed by atoms with Crippen molar-refractivity contribution in [1.29, 1.82) is 0 Å². The molecule has 0 bridgehead atoms. The molecule has 1 saturated heterocycles. The monoisotopic (exact) mass is 415 g/mol. The van der Waals surface area contributed by atoms with Crippen LogP contribution in [0.3, 0.4) is 0 Å². The summed E-state index contributed by atoms with van der Waals surface area (Å²) in [4.78, 5) is 26.1. The number of benzene rings is 2. The van der Waals surface area contributed by atoms with Gasteiger partial charge in [0.25, 0.3) is 0 Å². The number of halogens is 1. The van der Waals surface area contributed by atoms with Gasteiger partial charge in [-0.2, -0.15) is 0 Å². The summed E-state index contributed by atoms with van der Waals surface area (Å²) in [5, 5.41) is 6.11. The van der Waals surface area contributed by atoms with Crippen molar-refractivity contribution in [3.8, 4) is 0 Å². The fourth-order valence-electron chi connectivity index (χ4n) is 3.05. The first-order valence-corrected chi connectivity index (χ1v) is 9.47. The molecule has 0 spiro atoms. The SMILES string of the molecule is Cc1cc(NC(C)C(=O)Nc2ccc(Br)cc2)ccc1N1CCCC1=O. The van der Waals surface area contributed by atoms with Gasteiger partial charge in [0, 0.05) is 34.5 Å². The molecule has 26 heavy (non-hydrogen) atoms. The minimum Gasteiger partial charge on any atom is -0.374 e. The second kappa shape index (κ2) is 7.91. The molecule has 2 amide bonds. The molecular weight excluding hydrogens is 394 g/mol. The van der Waals surface area contributed by atoms with Crippen molar-refractivity contribution in [2.45, 2.75) is 32.7 Å². The van der Waals surface area contributed by atoms with Crippen LogP contribution in [0, 0.1) is 6.92 Å². The minimum absolute atomic E-state index is 0.108. The first kappa shape index (κ1) is 18.5. The number of amides is 2. The highest BCUT2D eigenvalue weighted by Crippen LogP contribution is 2.27. The van der Waals surface area contributed by atoms with Crippen LogP contribution in [0.2, 0.25) is 0 Å². The summed E-state index contributed by atoms with van der Waals surface area (Å²) in [5.74, 6) is 0.0693. The predicted octanol–water partition coefficient (Wildman–Crippen LogP) is 4.32. The number of hydrogen-bond donors (Lipinski definition) is 2. The smallest absolute Gasteiger partial charge is 0.246 e. The lowest BCUT2D eigenvalue weighted by molar-refractivity contribution is -0.117. The number of carbonyl (C=O) groups is 2. The van der Waals surface area contributed by atoms with Gasteiger partial charge in [0.2, 0.25) is 11.8 Å². The molecule has 0 aliphatic carbocycles. The van der Waals surface area contributed by atoms with E-state index >= 15 is 0 Å². The van der Waals surface area contributed by atoms with E-state index < -0.39 is 6.04 Å². The first-order valence-electron chi connectivity index (χ1n) is 8.68. The standard InChI is InChI=1S/C20H22BrN3O2/c1-13-12-17(9-10-18(13)24-11-3-4-19(24)25)22-14(2)20(26)23-16-7-5-15(21)6-8-16/h5-10,12,14,22H,3-4,11H2,1-2H3,(H,23,26). The fourth-order valence-corrected chi connectivity index (χ4v) is 3.31. The number of aryl methyl sites for hydroxylation is 1. The number of hydrogen-bond acceptors (Lipinski definition) is 3. The van der Waals surface area contributed by atoms with E-state index in [1.165, 1.54) is 0 Å². The summed E-state index contributed by atoms with van der Waals surface area (Å²) in [6.45, 7) is 4.58. The van der Waals surface area contributed by atoms with Gasteiger partial charge in [-0.15, -0.1) is 0 Å². The Morgan fingerprint density at radius 2 is 1.85 bits per heavy atom. The molecule has 1 aliphatic rings.